The van der Waals surface area contributed by atoms with Crippen molar-refractivity contribution in [3.63, 3.8) is 0 Å². The van der Waals surface area contributed by atoms with Gasteiger partial charge < -0.3 is 19.5 Å². The molecule has 24 heavy (non-hydrogen) atoms. The van der Waals surface area contributed by atoms with Gasteiger partial charge in [-0.3, -0.25) is 9.36 Å². The molecule has 0 saturated carbocycles. The highest BCUT2D eigenvalue weighted by Crippen LogP contribution is 2.34. The molecule has 0 unspecified atom stereocenters. The van der Waals surface area contributed by atoms with E-state index in [2.05, 4.69) is 10.3 Å². The summed E-state index contributed by atoms with van der Waals surface area (Å²) in [5.41, 5.74) is 1.33. The highest BCUT2D eigenvalue weighted by Gasteiger charge is 2.13. The molecule has 0 saturated heterocycles. The van der Waals surface area contributed by atoms with Gasteiger partial charge in [-0.25, -0.2) is 4.98 Å². The summed E-state index contributed by atoms with van der Waals surface area (Å²) in [5.74, 6) is 2.08. The Morgan fingerprint density at radius 2 is 2.08 bits per heavy atom. The fourth-order valence-corrected chi connectivity index (χ4v) is 2.56. The largest absolute Gasteiger partial charge is 0.497 e. The van der Waals surface area contributed by atoms with Crippen LogP contribution < -0.4 is 25.1 Å². The van der Waals surface area contributed by atoms with Crippen LogP contribution in [0.1, 0.15) is 0 Å². The molecule has 0 aliphatic carbocycles. The summed E-state index contributed by atoms with van der Waals surface area (Å²) >= 11 is 0. The smallest absolute Gasteiger partial charge is 0.262 e. The van der Waals surface area contributed by atoms with Gasteiger partial charge in [0.1, 0.15) is 5.75 Å². The Hall–Kier alpha value is -3.22. The van der Waals surface area contributed by atoms with E-state index in [0.717, 1.165) is 11.4 Å². The first kappa shape index (κ1) is 14.4. The van der Waals surface area contributed by atoms with Crippen molar-refractivity contribution >= 4 is 16.6 Å². The Kier molecular flexibility index (Phi) is 3.45. The molecule has 1 aliphatic heterocycles. The molecule has 2 heterocycles. The lowest BCUT2D eigenvalue weighted by Crippen LogP contribution is -2.24. The van der Waals surface area contributed by atoms with E-state index in [1.807, 2.05) is 18.2 Å². The number of benzene rings is 2. The van der Waals surface area contributed by atoms with Gasteiger partial charge in [0.15, 0.2) is 11.5 Å². The molecule has 0 amide bonds. The summed E-state index contributed by atoms with van der Waals surface area (Å²) in [5, 5.41) is 3.73. The zero-order chi connectivity index (χ0) is 16.5. The Labute approximate surface area is 137 Å². The third-order valence-electron chi connectivity index (χ3n) is 3.86. The summed E-state index contributed by atoms with van der Waals surface area (Å²) in [4.78, 5) is 16.9. The van der Waals surface area contributed by atoms with Crippen molar-refractivity contribution in [2.24, 2.45) is 0 Å². The van der Waals surface area contributed by atoms with Crippen LogP contribution in [0.5, 0.6) is 17.2 Å². The average molecular weight is 325 g/mol. The second-order valence-electron chi connectivity index (χ2n) is 5.31. The Balaban J connectivity index is 1.58. The van der Waals surface area contributed by atoms with Crippen LogP contribution in [0.15, 0.2) is 47.5 Å². The van der Waals surface area contributed by atoms with E-state index in [-0.39, 0.29) is 12.4 Å². The van der Waals surface area contributed by atoms with Gasteiger partial charge in [-0.2, -0.15) is 0 Å². The van der Waals surface area contributed by atoms with Crippen LogP contribution in [0, 0.1) is 0 Å². The lowest BCUT2D eigenvalue weighted by Gasteiger charge is -2.10. The number of anilines is 1. The maximum atomic E-state index is 12.5. The van der Waals surface area contributed by atoms with Crippen molar-refractivity contribution in [2.75, 3.05) is 19.2 Å². The van der Waals surface area contributed by atoms with Crippen molar-refractivity contribution in [2.45, 2.75) is 6.67 Å². The van der Waals surface area contributed by atoms with E-state index in [9.17, 15) is 4.79 Å². The van der Waals surface area contributed by atoms with Gasteiger partial charge in [0, 0.05) is 17.8 Å². The Bertz CT molecular complexity index is 968. The second-order valence-corrected chi connectivity index (χ2v) is 5.31. The highest BCUT2D eigenvalue weighted by molar-refractivity contribution is 5.78. The van der Waals surface area contributed by atoms with Crippen molar-refractivity contribution in [1.29, 1.82) is 0 Å². The number of hydrogen-bond acceptors (Lipinski definition) is 6. The lowest BCUT2D eigenvalue weighted by atomic mass is 10.2. The molecule has 1 aromatic heterocycles. The van der Waals surface area contributed by atoms with Crippen LogP contribution in [0.25, 0.3) is 10.9 Å². The predicted octanol–water partition coefficient (Wildman–Crippen LogP) is 2.20. The van der Waals surface area contributed by atoms with Crippen LogP contribution in [0.2, 0.25) is 0 Å². The van der Waals surface area contributed by atoms with Crippen molar-refractivity contribution in [3.8, 4) is 17.2 Å². The lowest BCUT2D eigenvalue weighted by molar-refractivity contribution is 0.174. The maximum absolute atomic E-state index is 12.5. The fourth-order valence-electron chi connectivity index (χ4n) is 2.56. The predicted molar refractivity (Wildman–Crippen MR) is 88.7 cm³/mol. The van der Waals surface area contributed by atoms with Crippen molar-refractivity contribution in [1.82, 2.24) is 9.55 Å². The zero-order valence-corrected chi connectivity index (χ0v) is 13.0. The fraction of sp³-hybridized carbons (Fsp3) is 0.176. The van der Waals surface area contributed by atoms with Crippen LogP contribution in [0.3, 0.4) is 0 Å². The standard InChI is InChI=1S/C17H15N3O4/c1-22-12-3-4-13-14(7-12)19-9-20(17(13)21)8-18-11-2-5-15-16(6-11)24-10-23-15/h2-7,9,18H,8,10H2,1H3. The van der Waals surface area contributed by atoms with Gasteiger partial charge in [0.25, 0.3) is 5.56 Å². The number of fused-ring (bicyclic) bond motifs is 2. The summed E-state index contributed by atoms with van der Waals surface area (Å²) in [7, 11) is 1.58. The Morgan fingerprint density at radius 1 is 1.21 bits per heavy atom. The molecule has 4 rings (SSSR count). The van der Waals surface area contributed by atoms with Crippen LogP contribution in [-0.4, -0.2) is 23.5 Å². The van der Waals surface area contributed by atoms with Gasteiger partial charge in [0.2, 0.25) is 6.79 Å². The van der Waals surface area contributed by atoms with E-state index >= 15 is 0 Å². The van der Waals surface area contributed by atoms with Crippen molar-refractivity contribution < 1.29 is 14.2 Å². The quantitative estimate of drug-likeness (QED) is 0.793. The monoisotopic (exact) mass is 325 g/mol. The number of nitrogens with one attached hydrogen (secondary N) is 1. The van der Waals surface area contributed by atoms with E-state index in [1.165, 1.54) is 10.9 Å². The molecular weight excluding hydrogens is 310 g/mol. The number of aromatic nitrogens is 2. The third kappa shape index (κ3) is 2.50. The molecule has 0 atom stereocenters. The topological polar surface area (TPSA) is 74.6 Å². The normalized spacial score (nSPS) is 12.4. The second kappa shape index (κ2) is 5.77. The molecule has 3 aromatic rings. The van der Waals surface area contributed by atoms with E-state index < -0.39 is 0 Å². The Morgan fingerprint density at radius 3 is 2.96 bits per heavy atom. The third-order valence-corrected chi connectivity index (χ3v) is 3.86. The van der Waals surface area contributed by atoms with Gasteiger partial charge in [0.05, 0.1) is 31.0 Å². The summed E-state index contributed by atoms with van der Waals surface area (Å²) in [6.45, 7) is 0.531. The first-order valence-electron chi connectivity index (χ1n) is 7.41. The molecular formula is C17H15N3O4. The number of nitrogens with zero attached hydrogens (tertiary/aromatic N) is 2. The van der Waals surface area contributed by atoms with E-state index in [1.54, 1.807) is 25.3 Å². The van der Waals surface area contributed by atoms with Gasteiger partial charge in [-0.15, -0.1) is 0 Å². The molecule has 0 spiro atoms. The minimum atomic E-state index is -0.115. The minimum Gasteiger partial charge on any atom is -0.497 e. The molecule has 122 valence electrons. The summed E-state index contributed by atoms with van der Waals surface area (Å²) < 4.78 is 17.3. The highest BCUT2D eigenvalue weighted by atomic mass is 16.7. The van der Waals surface area contributed by atoms with Crippen LogP contribution in [0.4, 0.5) is 5.69 Å². The van der Waals surface area contributed by atoms with Gasteiger partial charge >= 0.3 is 0 Å². The first-order chi connectivity index (χ1) is 11.7. The molecule has 1 aliphatic rings. The number of rotatable bonds is 4. The molecule has 2 aromatic carbocycles. The number of ether oxygens (including phenoxy) is 3. The SMILES string of the molecule is COc1ccc2c(=O)n(CNc3ccc4c(c3)OCO4)cnc2c1. The van der Waals surface area contributed by atoms with Crippen LogP contribution >= 0.6 is 0 Å². The van der Waals surface area contributed by atoms with E-state index in [0.29, 0.717) is 29.1 Å². The number of hydrogen-bond donors (Lipinski definition) is 1. The average Bonchev–Trinajstić information content (AvgIpc) is 3.08. The zero-order valence-electron chi connectivity index (χ0n) is 13.0. The van der Waals surface area contributed by atoms with E-state index in [4.69, 9.17) is 14.2 Å². The van der Waals surface area contributed by atoms with Gasteiger partial charge in [-0.05, 0) is 24.3 Å². The van der Waals surface area contributed by atoms with Crippen molar-refractivity contribution in [3.05, 3.63) is 53.1 Å². The minimum absolute atomic E-state index is 0.115. The van der Waals surface area contributed by atoms with Crippen LogP contribution in [-0.2, 0) is 6.67 Å². The maximum Gasteiger partial charge on any atom is 0.262 e. The molecule has 7 nitrogen and oxygen atoms in total. The first-order valence-corrected chi connectivity index (χ1v) is 7.41. The number of methoxy groups -OCH3 is 1. The molecule has 0 radical (unpaired) electrons. The molecule has 0 bridgehead atoms. The molecule has 0 fully saturated rings. The molecule has 7 heteroatoms. The molecule has 1 N–H and O–H groups in total. The summed E-state index contributed by atoms with van der Waals surface area (Å²) in [6.07, 6.45) is 1.52. The summed E-state index contributed by atoms with van der Waals surface area (Å²) in [6, 6.07) is 10.8. The van der Waals surface area contributed by atoms with Gasteiger partial charge in [-0.1, -0.05) is 0 Å².